The molecule has 15 heavy (non-hydrogen) atoms. The van der Waals surface area contributed by atoms with E-state index >= 15 is 0 Å². The van der Waals surface area contributed by atoms with E-state index in [1.807, 2.05) is 30.3 Å². The van der Waals surface area contributed by atoms with Crippen molar-refractivity contribution in [3.63, 3.8) is 0 Å². The third-order valence-corrected chi connectivity index (χ3v) is 2.30. The fourth-order valence-corrected chi connectivity index (χ4v) is 1.52. The quantitative estimate of drug-likeness (QED) is 0.781. The summed E-state index contributed by atoms with van der Waals surface area (Å²) < 4.78 is 0. The molecule has 0 fully saturated rings. The number of benzene rings is 2. The highest BCUT2D eigenvalue weighted by atomic mass is 16.3. The molecule has 76 valence electrons. The number of phenolic OH excluding ortho intramolecular Hbond substituents is 1. The van der Waals surface area contributed by atoms with Gasteiger partial charge in [0.05, 0.1) is 0 Å². The van der Waals surface area contributed by atoms with Crippen LogP contribution in [0.3, 0.4) is 0 Å². The average Bonchev–Trinajstić information content (AvgIpc) is 2.29. The third kappa shape index (κ3) is 2.17. The zero-order chi connectivity index (χ0) is 10.7. The lowest BCUT2D eigenvalue weighted by atomic mass is 10.0. The van der Waals surface area contributed by atoms with Gasteiger partial charge in [0.1, 0.15) is 11.9 Å². The summed E-state index contributed by atoms with van der Waals surface area (Å²) >= 11 is 0. The van der Waals surface area contributed by atoms with Crippen LogP contribution in [-0.4, -0.2) is 10.2 Å². The van der Waals surface area contributed by atoms with Crippen LogP contribution in [0.2, 0.25) is 0 Å². The van der Waals surface area contributed by atoms with Crippen molar-refractivity contribution >= 4 is 0 Å². The van der Waals surface area contributed by atoms with Crippen molar-refractivity contribution < 1.29 is 10.2 Å². The average molecular weight is 200 g/mol. The summed E-state index contributed by atoms with van der Waals surface area (Å²) in [5.74, 6) is 0.169. The van der Waals surface area contributed by atoms with Crippen LogP contribution in [0.4, 0.5) is 0 Å². The summed E-state index contributed by atoms with van der Waals surface area (Å²) in [6, 6.07) is 16.0. The number of hydrogen-bond acceptors (Lipinski definition) is 2. The van der Waals surface area contributed by atoms with Crippen LogP contribution in [0, 0.1) is 0 Å². The maximum absolute atomic E-state index is 10.0. The van der Waals surface area contributed by atoms with Gasteiger partial charge in [0, 0.05) is 0 Å². The molecule has 2 heteroatoms. The summed E-state index contributed by atoms with van der Waals surface area (Å²) in [4.78, 5) is 0. The lowest BCUT2D eigenvalue weighted by Crippen LogP contribution is -1.98. The van der Waals surface area contributed by atoms with Gasteiger partial charge in [-0.3, -0.25) is 0 Å². The first-order valence-corrected chi connectivity index (χ1v) is 4.79. The van der Waals surface area contributed by atoms with Gasteiger partial charge in [0.25, 0.3) is 0 Å². The van der Waals surface area contributed by atoms with Gasteiger partial charge in [0.15, 0.2) is 0 Å². The monoisotopic (exact) mass is 200 g/mol. The number of rotatable bonds is 2. The van der Waals surface area contributed by atoms with Crippen LogP contribution in [0.1, 0.15) is 17.2 Å². The van der Waals surface area contributed by atoms with E-state index in [1.165, 1.54) is 0 Å². The number of aromatic hydroxyl groups is 1. The highest BCUT2D eigenvalue weighted by Gasteiger charge is 2.09. The third-order valence-electron chi connectivity index (χ3n) is 2.30. The molecule has 2 aromatic rings. The van der Waals surface area contributed by atoms with E-state index in [9.17, 15) is 10.2 Å². The van der Waals surface area contributed by atoms with Crippen molar-refractivity contribution in [2.45, 2.75) is 6.10 Å². The van der Waals surface area contributed by atoms with Gasteiger partial charge in [-0.05, 0) is 23.3 Å². The molecule has 0 aliphatic rings. The fourth-order valence-electron chi connectivity index (χ4n) is 1.52. The lowest BCUT2D eigenvalue weighted by Gasteiger charge is -2.11. The number of aliphatic hydroxyl groups excluding tert-OH is 1. The van der Waals surface area contributed by atoms with Crippen LogP contribution in [-0.2, 0) is 0 Å². The van der Waals surface area contributed by atoms with Crippen LogP contribution in [0.5, 0.6) is 5.75 Å². The first-order chi connectivity index (χ1) is 7.27. The first kappa shape index (κ1) is 9.74. The van der Waals surface area contributed by atoms with Crippen molar-refractivity contribution in [1.82, 2.24) is 0 Å². The number of hydrogen-bond donors (Lipinski definition) is 2. The molecule has 2 N–H and O–H groups in total. The molecule has 1 unspecified atom stereocenters. The molecule has 0 saturated carbocycles. The summed E-state index contributed by atoms with van der Waals surface area (Å²) in [5, 5.41) is 19.3. The second-order valence-electron chi connectivity index (χ2n) is 3.41. The van der Waals surface area contributed by atoms with E-state index < -0.39 is 6.10 Å². The Balaban J connectivity index is 2.32. The maximum atomic E-state index is 10.0. The second-order valence-corrected chi connectivity index (χ2v) is 3.41. The molecular weight excluding hydrogens is 188 g/mol. The van der Waals surface area contributed by atoms with Gasteiger partial charge in [-0.2, -0.15) is 0 Å². The lowest BCUT2D eigenvalue weighted by molar-refractivity contribution is 0.220. The normalized spacial score (nSPS) is 12.3. The molecule has 0 bridgehead atoms. The molecule has 0 aliphatic carbocycles. The Labute approximate surface area is 88.4 Å². The van der Waals surface area contributed by atoms with Crippen molar-refractivity contribution in [3.05, 3.63) is 65.7 Å². The van der Waals surface area contributed by atoms with Crippen molar-refractivity contribution in [2.24, 2.45) is 0 Å². The van der Waals surface area contributed by atoms with Crippen LogP contribution < -0.4 is 0 Å². The molecule has 0 saturated heterocycles. The molecule has 0 aromatic heterocycles. The SMILES string of the molecule is Oc1cccc(C(O)c2ccccc2)c1. The Morgan fingerprint density at radius 3 is 2.13 bits per heavy atom. The first-order valence-electron chi connectivity index (χ1n) is 4.79. The molecule has 0 aliphatic heterocycles. The van der Waals surface area contributed by atoms with E-state index in [1.54, 1.807) is 24.3 Å². The zero-order valence-electron chi connectivity index (χ0n) is 8.17. The molecule has 1 atom stereocenters. The van der Waals surface area contributed by atoms with Crippen LogP contribution >= 0.6 is 0 Å². The molecule has 0 spiro atoms. The minimum absolute atomic E-state index is 0.169. The van der Waals surface area contributed by atoms with E-state index in [0.29, 0.717) is 5.56 Å². The van der Waals surface area contributed by atoms with E-state index in [0.717, 1.165) is 5.56 Å². The highest BCUT2D eigenvalue weighted by molar-refractivity contribution is 5.34. The summed E-state index contributed by atoms with van der Waals surface area (Å²) in [7, 11) is 0. The van der Waals surface area contributed by atoms with E-state index in [4.69, 9.17) is 0 Å². The minimum atomic E-state index is -0.682. The van der Waals surface area contributed by atoms with Gasteiger partial charge in [0.2, 0.25) is 0 Å². The Morgan fingerprint density at radius 1 is 0.800 bits per heavy atom. The minimum Gasteiger partial charge on any atom is -0.508 e. The van der Waals surface area contributed by atoms with Gasteiger partial charge < -0.3 is 10.2 Å². The Kier molecular flexibility index (Phi) is 2.70. The predicted molar refractivity (Wildman–Crippen MR) is 58.6 cm³/mol. The second kappa shape index (κ2) is 4.15. The number of aliphatic hydroxyl groups is 1. The standard InChI is InChI=1S/C13H12O2/c14-12-8-4-7-11(9-12)13(15)10-5-2-1-3-6-10/h1-9,13-15H. The Morgan fingerprint density at radius 2 is 1.47 bits per heavy atom. The fraction of sp³-hybridized carbons (Fsp3) is 0.0769. The Bertz CT molecular complexity index is 437. The molecule has 2 nitrogen and oxygen atoms in total. The molecule has 2 aromatic carbocycles. The van der Waals surface area contributed by atoms with Gasteiger partial charge in [-0.1, -0.05) is 42.5 Å². The smallest absolute Gasteiger partial charge is 0.115 e. The van der Waals surface area contributed by atoms with Gasteiger partial charge in [-0.15, -0.1) is 0 Å². The molecular formula is C13H12O2. The van der Waals surface area contributed by atoms with Crippen LogP contribution in [0.15, 0.2) is 54.6 Å². The van der Waals surface area contributed by atoms with Crippen molar-refractivity contribution in [1.29, 1.82) is 0 Å². The molecule has 0 amide bonds. The maximum Gasteiger partial charge on any atom is 0.115 e. The summed E-state index contributed by atoms with van der Waals surface area (Å²) in [6.45, 7) is 0. The highest BCUT2D eigenvalue weighted by Crippen LogP contribution is 2.23. The zero-order valence-corrected chi connectivity index (χ0v) is 8.17. The van der Waals surface area contributed by atoms with Crippen molar-refractivity contribution in [2.75, 3.05) is 0 Å². The summed E-state index contributed by atoms with van der Waals surface area (Å²) in [5.41, 5.74) is 1.52. The largest absolute Gasteiger partial charge is 0.508 e. The van der Waals surface area contributed by atoms with Crippen LogP contribution in [0.25, 0.3) is 0 Å². The van der Waals surface area contributed by atoms with Gasteiger partial charge >= 0.3 is 0 Å². The molecule has 0 radical (unpaired) electrons. The van der Waals surface area contributed by atoms with E-state index in [-0.39, 0.29) is 5.75 Å². The summed E-state index contributed by atoms with van der Waals surface area (Å²) in [6.07, 6.45) is -0.682. The van der Waals surface area contributed by atoms with Gasteiger partial charge in [-0.25, -0.2) is 0 Å². The molecule has 2 rings (SSSR count). The van der Waals surface area contributed by atoms with E-state index in [2.05, 4.69) is 0 Å². The topological polar surface area (TPSA) is 40.5 Å². The Hall–Kier alpha value is -1.80. The molecule has 0 heterocycles. The number of phenols is 1. The predicted octanol–water partition coefficient (Wildman–Crippen LogP) is 2.47. The van der Waals surface area contributed by atoms with Crippen molar-refractivity contribution in [3.8, 4) is 5.75 Å².